The first-order valence-corrected chi connectivity index (χ1v) is 10.1. The topological polar surface area (TPSA) is 30.0 Å². The van der Waals surface area contributed by atoms with Gasteiger partial charge in [0.25, 0.3) is 0 Å². The van der Waals surface area contributed by atoms with Crippen LogP contribution >= 0.6 is 0 Å². The normalized spacial score (nSPS) is 43.8. The van der Waals surface area contributed by atoms with E-state index in [-0.39, 0.29) is 41.0 Å². The molecule has 1 aromatic rings. The number of pyridine rings is 1. The minimum atomic E-state index is -0.288. The van der Waals surface area contributed by atoms with Crippen LogP contribution in [0.3, 0.4) is 0 Å². The Morgan fingerprint density at radius 1 is 1.15 bits per heavy atom. The summed E-state index contributed by atoms with van der Waals surface area (Å²) in [6, 6.07) is -0.212. The van der Waals surface area contributed by atoms with Crippen molar-refractivity contribution in [2.75, 3.05) is 0 Å². The van der Waals surface area contributed by atoms with E-state index in [0.717, 1.165) is 44.1 Å². The van der Waals surface area contributed by atoms with Crippen LogP contribution in [-0.4, -0.2) is 10.8 Å². The van der Waals surface area contributed by atoms with Crippen LogP contribution in [-0.2, 0) is 4.79 Å². The Bertz CT molecular complexity index is 1010. The summed E-state index contributed by atoms with van der Waals surface area (Å²) < 4.78 is 32.6. The number of aromatic nitrogens is 1. The van der Waals surface area contributed by atoms with Crippen molar-refractivity contribution in [1.82, 2.24) is 4.98 Å². The fourth-order valence-electron chi connectivity index (χ4n) is 6.87. The van der Waals surface area contributed by atoms with Gasteiger partial charge >= 0.3 is 0 Å². The van der Waals surface area contributed by atoms with Gasteiger partial charge in [-0.15, -0.1) is 0 Å². The molecule has 2 nitrogen and oxygen atoms in total. The SMILES string of the molecule is [2H]c1nc([2H])c(C2=CC[C@H]3[C@@H]4CCC5=CC(=O)CC[C@]5(C)[C@H]4CC[C@]23C)c([2H])c1[2H]. The second-order valence-electron chi connectivity index (χ2n) is 9.24. The number of nitrogens with zero attached hydrogens (tertiary/aromatic N) is 1. The lowest BCUT2D eigenvalue weighted by molar-refractivity contribution is -0.117. The smallest absolute Gasteiger partial charge is 0.155 e. The number of allylic oxidation sites excluding steroid dienone is 4. The second-order valence-corrected chi connectivity index (χ2v) is 9.24. The monoisotopic (exact) mass is 351 g/mol. The third kappa shape index (κ3) is 2.17. The van der Waals surface area contributed by atoms with E-state index in [0.29, 0.717) is 29.7 Å². The highest BCUT2D eigenvalue weighted by atomic mass is 16.1. The number of carbonyl (C=O) groups is 1. The van der Waals surface area contributed by atoms with Crippen molar-refractivity contribution in [1.29, 1.82) is 0 Å². The highest BCUT2D eigenvalue weighted by Gasteiger charge is 2.57. The standard InChI is InChI=1S/C24H29NO/c1-23-11-9-18(26)14-17(23)5-6-19-21-8-7-20(16-4-3-13-25-15-16)24(21,2)12-10-22(19)23/h3-4,7,13-15,19,21-22H,5-6,8-12H2,1-2H3/t19-,21-,22-,23-,24+/m0/s1/i3D,4D,13D,15D. The van der Waals surface area contributed by atoms with E-state index in [1.54, 1.807) is 0 Å². The van der Waals surface area contributed by atoms with Gasteiger partial charge < -0.3 is 0 Å². The molecule has 1 heterocycles. The maximum atomic E-state index is 12.0. The lowest BCUT2D eigenvalue weighted by atomic mass is 9.46. The van der Waals surface area contributed by atoms with Crippen molar-refractivity contribution in [3.05, 3.63) is 47.7 Å². The number of ketones is 1. The summed E-state index contributed by atoms with van der Waals surface area (Å²) in [6.07, 6.45) is 10.6. The van der Waals surface area contributed by atoms with Crippen LogP contribution in [0.25, 0.3) is 5.57 Å². The number of carbonyl (C=O) groups excluding carboxylic acids is 1. The number of fused-ring (bicyclic) bond motifs is 5. The third-order valence-electron chi connectivity index (χ3n) is 8.28. The van der Waals surface area contributed by atoms with Crippen molar-refractivity contribution in [2.45, 2.75) is 58.8 Å². The van der Waals surface area contributed by atoms with E-state index >= 15 is 0 Å². The maximum Gasteiger partial charge on any atom is 0.155 e. The van der Waals surface area contributed by atoms with Crippen LogP contribution in [0, 0.1) is 28.6 Å². The molecule has 5 atom stereocenters. The van der Waals surface area contributed by atoms with Gasteiger partial charge in [-0.2, -0.15) is 0 Å². The van der Waals surface area contributed by atoms with Gasteiger partial charge in [0.05, 0.1) is 5.48 Å². The first kappa shape index (κ1) is 12.6. The molecular weight excluding hydrogens is 318 g/mol. The molecule has 136 valence electrons. The molecule has 0 aliphatic heterocycles. The van der Waals surface area contributed by atoms with E-state index in [9.17, 15) is 4.79 Å². The zero-order valence-corrected chi connectivity index (χ0v) is 15.7. The molecule has 0 saturated heterocycles. The summed E-state index contributed by atoms with van der Waals surface area (Å²) in [6.45, 7) is 4.66. The lowest BCUT2D eigenvalue weighted by Gasteiger charge is -2.57. The molecule has 0 aromatic carbocycles. The van der Waals surface area contributed by atoms with E-state index < -0.39 is 0 Å². The fourth-order valence-corrected chi connectivity index (χ4v) is 6.87. The number of hydrogen-bond acceptors (Lipinski definition) is 2. The van der Waals surface area contributed by atoms with E-state index in [1.165, 1.54) is 5.57 Å². The van der Waals surface area contributed by atoms with Gasteiger partial charge in [-0.3, -0.25) is 9.78 Å². The summed E-state index contributed by atoms with van der Waals surface area (Å²) in [5.41, 5.74) is 2.85. The molecule has 0 bridgehead atoms. The van der Waals surface area contributed by atoms with Crippen LogP contribution in [0.15, 0.2) is 42.2 Å². The van der Waals surface area contributed by atoms with Gasteiger partial charge in [0.1, 0.15) is 0 Å². The van der Waals surface area contributed by atoms with E-state index in [2.05, 4.69) is 24.9 Å². The summed E-state index contributed by atoms with van der Waals surface area (Å²) in [4.78, 5) is 16.0. The van der Waals surface area contributed by atoms with Crippen molar-refractivity contribution < 1.29 is 10.3 Å². The maximum absolute atomic E-state index is 12.0. The Hall–Kier alpha value is -1.70. The first-order valence-electron chi connectivity index (χ1n) is 12.1. The molecule has 0 spiro atoms. The Kier molecular flexibility index (Phi) is 2.75. The highest BCUT2D eigenvalue weighted by Crippen LogP contribution is 2.66. The molecule has 4 aliphatic rings. The number of hydrogen-bond donors (Lipinski definition) is 0. The Morgan fingerprint density at radius 2 is 2.04 bits per heavy atom. The quantitative estimate of drug-likeness (QED) is 0.658. The minimum Gasteiger partial charge on any atom is -0.295 e. The zero-order chi connectivity index (χ0) is 21.4. The molecule has 0 unspecified atom stereocenters. The van der Waals surface area contributed by atoms with Crippen LogP contribution in [0.2, 0.25) is 0 Å². The molecule has 2 fully saturated rings. The molecular formula is C24H29NO. The predicted octanol–water partition coefficient (Wildman–Crippen LogP) is 5.61. The summed E-state index contributed by atoms with van der Waals surface area (Å²) in [7, 11) is 0. The van der Waals surface area contributed by atoms with Crippen LogP contribution in [0.4, 0.5) is 0 Å². The van der Waals surface area contributed by atoms with E-state index in [4.69, 9.17) is 5.48 Å². The molecule has 4 aliphatic carbocycles. The van der Waals surface area contributed by atoms with Gasteiger partial charge in [0, 0.05) is 18.8 Å². The van der Waals surface area contributed by atoms with Crippen molar-refractivity contribution in [2.24, 2.45) is 28.6 Å². The molecule has 5 rings (SSSR count). The van der Waals surface area contributed by atoms with Gasteiger partial charge in [0.15, 0.2) is 5.78 Å². The van der Waals surface area contributed by atoms with Crippen molar-refractivity contribution >= 4 is 11.4 Å². The van der Waals surface area contributed by atoms with Crippen molar-refractivity contribution in [3.63, 3.8) is 0 Å². The molecule has 0 radical (unpaired) electrons. The summed E-state index contributed by atoms with van der Waals surface area (Å²) >= 11 is 0. The summed E-state index contributed by atoms with van der Waals surface area (Å²) in [5.74, 6) is 1.91. The van der Waals surface area contributed by atoms with Crippen LogP contribution in [0.1, 0.15) is 69.8 Å². The molecule has 2 saturated carbocycles. The third-order valence-corrected chi connectivity index (χ3v) is 8.28. The highest BCUT2D eigenvalue weighted by molar-refractivity contribution is 5.91. The molecule has 0 N–H and O–H groups in total. The first-order chi connectivity index (χ1) is 14.2. The zero-order valence-electron chi connectivity index (χ0n) is 19.7. The van der Waals surface area contributed by atoms with Gasteiger partial charge in [-0.25, -0.2) is 0 Å². The molecule has 26 heavy (non-hydrogen) atoms. The largest absolute Gasteiger partial charge is 0.295 e. The second kappa shape index (κ2) is 5.65. The van der Waals surface area contributed by atoms with Crippen molar-refractivity contribution in [3.8, 4) is 0 Å². The minimum absolute atomic E-state index is 0.0260. The number of rotatable bonds is 1. The van der Waals surface area contributed by atoms with E-state index in [1.807, 2.05) is 6.08 Å². The van der Waals surface area contributed by atoms with Crippen LogP contribution < -0.4 is 0 Å². The van der Waals surface area contributed by atoms with Gasteiger partial charge in [0.2, 0.25) is 0 Å². The molecule has 2 heteroatoms. The van der Waals surface area contributed by atoms with Gasteiger partial charge in [-0.05, 0) is 90.4 Å². The Labute approximate surface area is 162 Å². The summed E-state index contributed by atoms with van der Waals surface area (Å²) in [5, 5.41) is 0. The fraction of sp³-hybridized carbons (Fsp3) is 0.583. The average Bonchev–Trinajstić information content (AvgIpc) is 3.04. The Morgan fingerprint density at radius 3 is 2.92 bits per heavy atom. The van der Waals surface area contributed by atoms with Crippen LogP contribution in [0.5, 0.6) is 0 Å². The molecule has 0 amide bonds. The van der Waals surface area contributed by atoms with Gasteiger partial charge in [-0.1, -0.05) is 31.5 Å². The average molecular weight is 352 g/mol. The predicted molar refractivity (Wildman–Crippen MR) is 104 cm³/mol. The lowest BCUT2D eigenvalue weighted by Crippen LogP contribution is -2.49. The molecule has 1 aromatic heterocycles. The Balaban J connectivity index is 1.52.